The van der Waals surface area contributed by atoms with Crippen molar-refractivity contribution in [1.29, 1.82) is 0 Å². The fraction of sp³-hybridized carbons (Fsp3) is 0.214. The maximum absolute atomic E-state index is 12.1. The molecule has 1 heterocycles. The first-order valence-electron chi connectivity index (χ1n) is 6.13. The number of aromatic nitrogens is 1. The number of amides is 1. The van der Waals surface area contributed by atoms with Gasteiger partial charge in [-0.1, -0.05) is 11.6 Å². The molecule has 20 heavy (non-hydrogen) atoms. The van der Waals surface area contributed by atoms with Gasteiger partial charge in [0.15, 0.2) is 0 Å². The summed E-state index contributed by atoms with van der Waals surface area (Å²) < 4.78 is 0. The number of carbonyl (C=O) groups is 2. The van der Waals surface area contributed by atoms with Crippen molar-refractivity contribution >= 4 is 40.1 Å². The zero-order chi connectivity index (χ0) is 14.3. The second-order valence-corrected chi connectivity index (χ2v) is 5.24. The zero-order valence-corrected chi connectivity index (χ0v) is 11.1. The summed E-state index contributed by atoms with van der Waals surface area (Å²) in [5.74, 6) is -1.58. The van der Waals surface area contributed by atoms with Gasteiger partial charge in [-0.2, -0.15) is 0 Å². The smallest absolute Gasteiger partial charge is 0.319 e. The summed E-state index contributed by atoms with van der Waals surface area (Å²) in [6.45, 7) is 0. The molecular formula is C14H11ClN2O3. The number of nitrogens with one attached hydrogen (secondary N) is 1. The van der Waals surface area contributed by atoms with E-state index in [1.54, 1.807) is 30.5 Å². The summed E-state index contributed by atoms with van der Waals surface area (Å²) >= 11 is 6.07. The predicted molar refractivity (Wildman–Crippen MR) is 74.7 cm³/mol. The number of anilines is 1. The lowest BCUT2D eigenvalue weighted by molar-refractivity contribution is -0.147. The summed E-state index contributed by atoms with van der Waals surface area (Å²) in [5, 5.41) is 13.0. The van der Waals surface area contributed by atoms with Crippen molar-refractivity contribution in [2.75, 3.05) is 5.32 Å². The maximum atomic E-state index is 12.1. The van der Waals surface area contributed by atoms with Crippen molar-refractivity contribution < 1.29 is 14.7 Å². The summed E-state index contributed by atoms with van der Waals surface area (Å²) in [7, 11) is 0. The standard InChI is InChI=1S/C14H11ClN2O3/c15-9-3-4-10(11-8(9)2-1-7-16-11)17-12(18)14(5-6-14)13(19)20/h1-4,7H,5-6H2,(H,17,18)(H,19,20). The summed E-state index contributed by atoms with van der Waals surface area (Å²) in [5.41, 5.74) is -0.252. The van der Waals surface area contributed by atoms with Crippen LogP contribution in [0.4, 0.5) is 5.69 Å². The molecule has 1 aromatic heterocycles. The van der Waals surface area contributed by atoms with Crippen molar-refractivity contribution in [2.45, 2.75) is 12.8 Å². The average Bonchev–Trinajstić information content (AvgIpc) is 3.24. The minimum atomic E-state index is -1.28. The van der Waals surface area contributed by atoms with Gasteiger partial charge >= 0.3 is 5.97 Å². The van der Waals surface area contributed by atoms with Crippen molar-refractivity contribution in [1.82, 2.24) is 4.98 Å². The van der Waals surface area contributed by atoms with Crippen molar-refractivity contribution in [3.8, 4) is 0 Å². The first-order valence-corrected chi connectivity index (χ1v) is 6.50. The number of hydrogen-bond acceptors (Lipinski definition) is 3. The van der Waals surface area contributed by atoms with Gasteiger partial charge in [0.2, 0.25) is 5.91 Å². The molecule has 0 unspecified atom stereocenters. The van der Waals surface area contributed by atoms with Gasteiger partial charge in [0.05, 0.1) is 16.2 Å². The van der Waals surface area contributed by atoms with E-state index in [1.807, 2.05) is 0 Å². The Balaban J connectivity index is 1.98. The molecule has 1 amide bonds. The van der Waals surface area contributed by atoms with Crippen LogP contribution in [0.1, 0.15) is 12.8 Å². The van der Waals surface area contributed by atoms with E-state index >= 15 is 0 Å². The van der Waals surface area contributed by atoms with E-state index < -0.39 is 17.3 Å². The number of benzene rings is 1. The number of hydrogen-bond donors (Lipinski definition) is 2. The van der Waals surface area contributed by atoms with E-state index in [-0.39, 0.29) is 0 Å². The Labute approximate surface area is 119 Å². The van der Waals surface area contributed by atoms with Crippen LogP contribution in [0.5, 0.6) is 0 Å². The fourth-order valence-corrected chi connectivity index (χ4v) is 2.36. The van der Waals surface area contributed by atoms with Gasteiger partial charge in [-0.25, -0.2) is 0 Å². The van der Waals surface area contributed by atoms with E-state index in [0.29, 0.717) is 34.5 Å². The van der Waals surface area contributed by atoms with Crippen molar-refractivity contribution in [2.24, 2.45) is 5.41 Å². The zero-order valence-electron chi connectivity index (χ0n) is 10.4. The SMILES string of the molecule is O=C(O)C1(C(=O)Nc2ccc(Cl)c3cccnc23)CC1. The molecular weight excluding hydrogens is 280 g/mol. The molecule has 1 aliphatic rings. The highest BCUT2D eigenvalue weighted by Gasteiger charge is 2.57. The predicted octanol–water partition coefficient (Wildman–Crippen LogP) is 2.69. The highest BCUT2D eigenvalue weighted by atomic mass is 35.5. The van der Waals surface area contributed by atoms with Crippen LogP contribution in [0.25, 0.3) is 10.9 Å². The third-order valence-corrected chi connectivity index (χ3v) is 3.89. The number of fused-ring (bicyclic) bond motifs is 1. The molecule has 3 rings (SSSR count). The van der Waals surface area contributed by atoms with Gasteiger partial charge in [0.1, 0.15) is 5.41 Å². The third kappa shape index (κ3) is 1.91. The molecule has 0 atom stereocenters. The molecule has 0 spiro atoms. The molecule has 1 fully saturated rings. The lowest BCUT2D eigenvalue weighted by atomic mass is 10.1. The van der Waals surface area contributed by atoms with Crippen LogP contribution < -0.4 is 5.32 Å². The van der Waals surface area contributed by atoms with Gasteiger partial charge in [-0.3, -0.25) is 14.6 Å². The molecule has 5 nitrogen and oxygen atoms in total. The second kappa shape index (κ2) is 4.45. The molecule has 2 N–H and O–H groups in total. The maximum Gasteiger partial charge on any atom is 0.319 e. The lowest BCUT2D eigenvalue weighted by Gasteiger charge is -2.12. The van der Waals surface area contributed by atoms with Gasteiger partial charge in [0.25, 0.3) is 0 Å². The first-order chi connectivity index (χ1) is 9.54. The Kier molecular flexibility index (Phi) is 2.87. The van der Waals surface area contributed by atoms with Crippen LogP contribution in [-0.2, 0) is 9.59 Å². The fourth-order valence-electron chi connectivity index (χ4n) is 2.14. The average molecular weight is 291 g/mol. The second-order valence-electron chi connectivity index (χ2n) is 4.84. The molecule has 0 saturated heterocycles. The van der Waals surface area contributed by atoms with E-state index in [9.17, 15) is 9.59 Å². The molecule has 0 radical (unpaired) electrons. The number of rotatable bonds is 3. The van der Waals surface area contributed by atoms with E-state index in [4.69, 9.17) is 16.7 Å². The topological polar surface area (TPSA) is 79.3 Å². The van der Waals surface area contributed by atoms with Crippen LogP contribution >= 0.6 is 11.6 Å². The van der Waals surface area contributed by atoms with Gasteiger partial charge in [-0.05, 0) is 37.1 Å². The number of carboxylic acid groups (broad SMARTS) is 1. The minimum Gasteiger partial charge on any atom is -0.480 e. The third-order valence-electron chi connectivity index (χ3n) is 3.56. The Morgan fingerprint density at radius 1 is 1.30 bits per heavy atom. The molecule has 0 bridgehead atoms. The molecule has 1 aliphatic carbocycles. The quantitative estimate of drug-likeness (QED) is 0.852. The largest absolute Gasteiger partial charge is 0.480 e. The van der Waals surface area contributed by atoms with E-state index in [1.165, 1.54) is 0 Å². The molecule has 6 heteroatoms. The Morgan fingerprint density at radius 3 is 2.70 bits per heavy atom. The molecule has 102 valence electrons. The minimum absolute atomic E-state index is 0.368. The van der Waals surface area contributed by atoms with Crippen LogP contribution in [0.3, 0.4) is 0 Å². The highest BCUT2D eigenvalue weighted by Crippen LogP contribution is 2.47. The summed E-state index contributed by atoms with van der Waals surface area (Å²) in [6, 6.07) is 6.83. The van der Waals surface area contributed by atoms with Gasteiger partial charge in [-0.15, -0.1) is 0 Å². The number of aliphatic carboxylic acids is 1. The number of carboxylic acids is 1. The number of nitrogens with zero attached hydrogens (tertiary/aromatic N) is 1. The van der Waals surface area contributed by atoms with Crippen LogP contribution in [0.2, 0.25) is 5.02 Å². The van der Waals surface area contributed by atoms with Gasteiger partial charge in [0, 0.05) is 11.6 Å². The molecule has 0 aliphatic heterocycles. The highest BCUT2D eigenvalue weighted by molar-refractivity contribution is 6.36. The normalized spacial score (nSPS) is 15.8. The summed E-state index contributed by atoms with van der Waals surface area (Å²) in [6.07, 6.45) is 2.33. The van der Waals surface area contributed by atoms with Gasteiger partial charge < -0.3 is 10.4 Å². The Bertz CT molecular complexity index is 725. The van der Waals surface area contributed by atoms with Crippen LogP contribution in [-0.4, -0.2) is 22.0 Å². The van der Waals surface area contributed by atoms with Crippen LogP contribution in [0.15, 0.2) is 30.5 Å². The molecule has 1 aromatic carbocycles. The monoisotopic (exact) mass is 290 g/mol. The Morgan fingerprint density at radius 2 is 2.05 bits per heavy atom. The van der Waals surface area contributed by atoms with Crippen LogP contribution in [0, 0.1) is 5.41 Å². The first kappa shape index (κ1) is 12.9. The number of pyridine rings is 1. The molecule has 2 aromatic rings. The summed E-state index contributed by atoms with van der Waals surface area (Å²) in [4.78, 5) is 27.4. The number of halogens is 1. The van der Waals surface area contributed by atoms with E-state index in [0.717, 1.165) is 0 Å². The van der Waals surface area contributed by atoms with Crippen molar-refractivity contribution in [3.05, 3.63) is 35.5 Å². The Hall–Kier alpha value is -2.14. The van der Waals surface area contributed by atoms with E-state index in [2.05, 4.69) is 10.3 Å². The number of carbonyl (C=O) groups excluding carboxylic acids is 1. The van der Waals surface area contributed by atoms with Crippen molar-refractivity contribution in [3.63, 3.8) is 0 Å². The molecule has 1 saturated carbocycles. The lowest BCUT2D eigenvalue weighted by Crippen LogP contribution is -2.31.